The molecule has 2 heterocycles. The molecule has 1 aliphatic heterocycles. The van der Waals surface area contributed by atoms with Gasteiger partial charge in [-0.15, -0.1) is 0 Å². The first kappa shape index (κ1) is 15.6. The van der Waals surface area contributed by atoms with Crippen LogP contribution in [-0.2, 0) is 17.9 Å². The van der Waals surface area contributed by atoms with E-state index in [0.29, 0.717) is 12.2 Å². The summed E-state index contributed by atoms with van der Waals surface area (Å²) in [4.78, 5) is 13.6. The van der Waals surface area contributed by atoms with E-state index in [1.165, 1.54) is 0 Å². The molecule has 21 heavy (non-hydrogen) atoms. The Hall–Kier alpha value is -1.80. The Morgan fingerprint density at radius 3 is 2.76 bits per heavy atom. The highest BCUT2D eigenvalue weighted by Crippen LogP contribution is 2.29. The molecule has 0 radical (unpaired) electrons. The number of aliphatic carboxylic acids is 1. The lowest BCUT2D eigenvalue weighted by Gasteiger charge is -2.14. The van der Waals surface area contributed by atoms with Crippen LogP contribution in [0.5, 0.6) is 0 Å². The van der Waals surface area contributed by atoms with Gasteiger partial charge < -0.3 is 9.67 Å². The normalized spacial score (nSPS) is 22.3. The van der Waals surface area contributed by atoms with Gasteiger partial charge in [0.15, 0.2) is 0 Å². The molecule has 1 aromatic rings. The molecular formula is C16H23N3O2. The molecule has 0 aliphatic carbocycles. The number of aryl methyl sites for hydroxylation is 1. The first-order valence-corrected chi connectivity index (χ1v) is 7.63. The van der Waals surface area contributed by atoms with Crippen LogP contribution in [-0.4, -0.2) is 33.6 Å². The summed E-state index contributed by atoms with van der Waals surface area (Å²) in [7, 11) is 0. The second-order valence-corrected chi connectivity index (χ2v) is 5.82. The van der Waals surface area contributed by atoms with Crippen LogP contribution in [0.1, 0.15) is 37.9 Å². The van der Waals surface area contributed by atoms with E-state index >= 15 is 0 Å². The molecule has 0 spiro atoms. The zero-order chi connectivity index (χ0) is 15.4. The van der Waals surface area contributed by atoms with Crippen LogP contribution in [0, 0.1) is 23.2 Å². The molecule has 1 N–H and O–H groups in total. The van der Waals surface area contributed by atoms with Crippen molar-refractivity contribution in [2.45, 2.75) is 39.8 Å². The molecule has 114 valence electrons. The molecule has 0 unspecified atom stereocenters. The Bertz CT molecular complexity index is 544. The number of nitrogens with zero attached hydrogens (tertiary/aromatic N) is 3. The van der Waals surface area contributed by atoms with E-state index < -0.39 is 5.97 Å². The van der Waals surface area contributed by atoms with Crippen molar-refractivity contribution >= 4 is 5.97 Å². The molecule has 0 aromatic carbocycles. The fraction of sp³-hybridized carbons (Fsp3) is 0.625. The van der Waals surface area contributed by atoms with E-state index in [2.05, 4.69) is 17.9 Å². The van der Waals surface area contributed by atoms with Gasteiger partial charge in [0.1, 0.15) is 11.8 Å². The zero-order valence-electron chi connectivity index (χ0n) is 12.7. The Labute approximate surface area is 125 Å². The predicted octanol–water partition coefficient (Wildman–Crippen LogP) is 2.31. The number of carboxylic acid groups (broad SMARTS) is 1. The molecular weight excluding hydrogens is 266 g/mol. The fourth-order valence-corrected chi connectivity index (χ4v) is 3.30. The average molecular weight is 289 g/mol. The highest BCUT2D eigenvalue weighted by Gasteiger charge is 2.36. The zero-order valence-corrected chi connectivity index (χ0v) is 12.7. The van der Waals surface area contributed by atoms with Gasteiger partial charge in [-0.25, -0.2) is 0 Å². The van der Waals surface area contributed by atoms with Gasteiger partial charge in [-0.05, 0) is 30.9 Å². The molecule has 5 nitrogen and oxygen atoms in total. The van der Waals surface area contributed by atoms with Crippen LogP contribution in [0.4, 0.5) is 0 Å². The van der Waals surface area contributed by atoms with Crippen molar-refractivity contribution in [2.75, 3.05) is 13.1 Å². The standard InChI is InChI=1S/C16H23N3O2/c1-3-5-13-10-18(11-15(13)16(20)21)8-12-6-14(7-17)19(4-2)9-12/h6,9,13,15H,3-5,8,10-11H2,1-2H3,(H,20,21)/t13-,15-/m0/s1. The lowest BCUT2D eigenvalue weighted by molar-refractivity contribution is -0.142. The molecule has 0 bridgehead atoms. The maximum atomic E-state index is 11.4. The van der Waals surface area contributed by atoms with E-state index in [1.807, 2.05) is 23.8 Å². The summed E-state index contributed by atoms with van der Waals surface area (Å²) < 4.78 is 1.93. The van der Waals surface area contributed by atoms with Crippen molar-refractivity contribution in [3.8, 4) is 6.07 Å². The van der Waals surface area contributed by atoms with E-state index in [9.17, 15) is 9.90 Å². The number of likely N-dealkylation sites (tertiary alicyclic amines) is 1. The summed E-state index contributed by atoms with van der Waals surface area (Å²) in [5.74, 6) is -0.690. The van der Waals surface area contributed by atoms with Crippen molar-refractivity contribution in [2.24, 2.45) is 11.8 Å². The van der Waals surface area contributed by atoms with Crippen molar-refractivity contribution in [1.29, 1.82) is 5.26 Å². The lowest BCUT2D eigenvalue weighted by Crippen LogP contribution is -2.23. The van der Waals surface area contributed by atoms with Crippen LogP contribution in [0.15, 0.2) is 12.3 Å². The van der Waals surface area contributed by atoms with Crippen LogP contribution in [0.2, 0.25) is 0 Å². The first-order valence-electron chi connectivity index (χ1n) is 7.63. The van der Waals surface area contributed by atoms with Crippen LogP contribution in [0.3, 0.4) is 0 Å². The van der Waals surface area contributed by atoms with Gasteiger partial charge in [0.2, 0.25) is 0 Å². The van der Waals surface area contributed by atoms with Gasteiger partial charge in [0.25, 0.3) is 0 Å². The monoisotopic (exact) mass is 289 g/mol. The van der Waals surface area contributed by atoms with Crippen molar-refractivity contribution in [1.82, 2.24) is 9.47 Å². The summed E-state index contributed by atoms with van der Waals surface area (Å²) in [6, 6.07) is 4.11. The molecule has 1 aromatic heterocycles. The average Bonchev–Trinajstić information content (AvgIpc) is 3.03. The Balaban J connectivity index is 2.05. The van der Waals surface area contributed by atoms with E-state index in [-0.39, 0.29) is 11.8 Å². The third kappa shape index (κ3) is 3.45. The summed E-state index contributed by atoms with van der Waals surface area (Å²) in [6.07, 6.45) is 3.99. The predicted molar refractivity (Wildman–Crippen MR) is 79.6 cm³/mol. The quantitative estimate of drug-likeness (QED) is 0.872. The molecule has 0 saturated carbocycles. The number of rotatable bonds is 6. The number of aromatic nitrogens is 1. The third-order valence-electron chi connectivity index (χ3n) is 4.31. The minimum atomic E-state index is -0.681. The minimum absolute atomic E-state index is 0.246. The van der Waals surface area contributed by atoms with Gasteiger partial charge in [-0.3, -0.25) is 9.69 Å². The van der Waals surface area contributed by atoms with Crippen LogP contribution < -0.4 is 0 Å². The van der Waals surface area contributed by atoms with Gasteiger partial charge in [0.05, 0.1) is 5.92 Å². The van der Waals surface area contributed by atoms with Crippen molar-refractivity contribution < 1.29 is 9.90 Å². The van der Waals surface area contributed by atoms with Gasteiger partial charge in [0, 0.05) is 32.4 Å². The molecule has 5 heteroatoms. The van der Waals surface area contributed by atoms with Crippen LogP contribution in [0.25, 0.3) is 0 Å². The molecule has 1 aliphatic rings. The van der Waals surface area contributed by atoms with Gasteiger partial charge >= 0.3 is 5.97 Å². The van der Waals surface area contributed by atoms with Gasteiger partial charge in [-0.2, -0.15) is 5.26 Å². The molecule has 1 fully saturated rings. The lowest BCUT2D eigenvalue weighted by atomic mass is 9.92. The SMILES string of the molecule is CCC[C@H]1CN(Cc2cc(C#N)n(CC)c2)C[C@@H]1C(=O)O. The summed E-state index contributed by atoms with van der Waals surface area (Å²) in [6.45, 7) is 7.06. The first-order chi connectivity index (χ1) is 10.1. The Morgan fingerprint density at radius 1 is 1.48 bits per heavy atom. The highest BCUT2D eigenvalue weighted by atomic mass is 16.4. The second-order valence-electron chi connectivity index (χ2n) is 5.82. The Morgan fingerprint density at radius 2 is 2.24 bits per heavy atom. The number of hydrogen-bond donors (Lipinski definition) is 1. The third-order valence-corrected chi connectivity index (χ3v) is 4.31. The molecule has 2 atom stereocenters. The number of nitriles is 1. The van der Waals surface area contributed by atoms with Gasteiger partial charge in [-0.1, -0.05) is 13.3 Å². The number of carbonyl (C=O) groups is 1. The summed E-state index contributed by atoms with van der Waals surface area (Å²) in [5.41, 5.74) is 1.77. The van der Waals surface area contributed by atoms with E-state index in [0.717, 1.165) is 38.0 Å². The largest absolute Gasteiger partial charge is 0.481 e. The number of hydrogen-bond acceptors (Lipinski definition) is 3. The highest BCUT2D eigenvalue weighted by molar-refractivity contribution is 5.71. The molecule has 0 amide bonds. The maximum absolute atomic E-state index is 11.4. The molecule has 1 saturated heterocycles. The Kier molecular flexibility index (Phi) is 5.03. The van der Waals surface area contributed by atoms with E-state index in [4.69, 9.17) is 5.26 Å². The minimum Gasteiger partial charge on any atom is -0.481 e. The fourth-order valence-electron chi connectivity index (χ4n) is 3.30. The smallest absolute Gasteiger partial charge is 0.308 e. The van der Waals surface area contributed by atoms with Crippen LogP contribution >= 0.6 is 0 Å². The number of carboxylic acids is 1. The summed E-state index contributed by atoms with van der Waals surface area (Å²) in [5, 5.41) is 18.4. The van der Waals surface area contributed by atoms with Crippen molar-refractivity contribution in [3.05, 3.63) is 23.5 Å². The maximum Gasteiger partial charge on any atom is 0.308 e. The van der Waals surface area contributed by atoms with E-state index in [1.54, 1.807) is 0 Å². The topological polar surface area (TPSA) is 69.3 Å². The van der Waals surface area contributed by atoms with Crippen molar-refractivity contribution in [3.63, 3.8) is 0 Å². The molecule has 2 rings (SSSR count). The summed E-state index contributed by atoms with van der Waals surface area (Å²) >= 11 is 0. The second kappa shape index (κ2) is 6.77.